The van der Waals surface area contributed by atoms with Crippen molar-refractivity contribution in [2.75, 3.05) is 6.54 Å². The van der Waals surface area contributed by atoms with Gasteiger partial charge in [0.05, 0.1) is 0 Å². The topological polar surface area (TPSA) is 96.7 Å². The van der Waals surface area contributed by atoms with Gasteiger partial charge >= 0.3 is 0 Å². The van der Waals surface area contributed by atoms with Crippen LogP contribution in [0.3, 0.4) is 0 Å². The molecule has 108 valence electrons. The molecule has 7 nitrogen and oxygen atoms in total. The molecule has 0 fully saturated rings. The summed E-state index contributed by atoms with van der Waals surface area (Å²) in [6.07, 6.45) is 1.40. The van der Waals surface area contributed by atoms with Gasteiger partial charge in [0.1, 0.15) is 5.58 Å². The summed E-state index contributed by atoms with van der Waals surface area (Å²) in [6, 6.07) is 7.58. The number of carbonyl (C=O) groups excluding carboxylic acids is 1. The first-order chi connectivity index (χ1) is 10.2. The molecule has 2 N–H and O–H groups in total. The van der Waals surface area contributed by atoms with Gasteiger partial charge in [-0.3, -0.25) is 4.79 Å². The van der Waals surface area contributed by atoms with Gasteiger partial charge in [-0.15, -0.1) is 10.2 Å². The molecule has 2 heterocycles. The Labute approximate surface area is 120 Å². The van der Waals surface area contributed by atoms with E-state index in [2.05, 4.69) is 25.9 Å². The summed E-state index contributed by atoms with van der Waals surface area (Å²) in [6.45, 7) is 2.54. The number of tetrazole rings is 1. The Morgan fingerprint density at radius 1 is 1.38 bits per heavy atom. The van der Waals surface area contributed by atoms with Crippen molar-refractivity contribution in [2.45, 2.75) is 19.8 Å². The maximum Gasteiger partial charge on any atom is 0.287 e. The van der Waals surface area contributed by atoms with E-state index in [1.807, 2.05) is 25.1 Å². The number of benzene rings is 1. The van der Waals surface area contributed by atoms with Crippen molar-refractivity contribution in [3.8, 4) is 0 Å². The van der Waals surface area contributed by atoms with Gasteiger partial charge in [0.15, 0.2) is 11.6 Å². The highest BCUT2D eigenvalue weighted by Crippen LogP contribution is 2.20. The molecule has 1 amide bonds. The molecule has 3 rings (SSSR count). The van der Waals surface area contributed by atoms with E-state index < -0.39 is 0 Å². The average molecular weight is 285 g/mol. The number of carbonyl (C=O) groups is 1. The average Bonchev–Trinajstić information content (AvgIpc) is 3.11. The highest BCUT2D eigenvalue weighted by molar-refractivity contribution is 5.96. The lowest BCUT2D eigenvalue weighted by Gasteiger charge is -2.00. The zero-order chi connectivity index (χ0) is 14.7. The Hall–Kier alpha value is -2.70. The Morgan fingerprint density at radius 3 is 3.10 bits per heavy atom. The number of hydrogen-bond acceptors (Lipinski definition) is 5. The third-order valence-electron chi connectivity index (χ3n) is 3.15. The van der Waals surface area contributed by atoms with Crippen molar-refractivity contribution in [2.24, 2.45) is 0 Å². The van der Waals surface area contributed by atoms with Gasteiger partial charge in [0, 0.05) is 18.4 Å². The van der Waals surface area contributed by atoms with Gasteiger partial charge in [0.25, 0.3) is 5.91 Å². The summed E-state index contributed by atoms with van der Waals surface area (Å²) in [7, 11) is 0. The minimum absolute atomic E-state index is 0.211. The quantitative estimate of drug-likeness (QED) is 0.694. The lowest BCUT2D eigenvalue weighted by Crippen LogP contribution is -2.24. The Morgan fingerprint density at radius 2 is 2.29 bits per heavy atom. The molecule has 21 heavy (non-hydrogen) atoms. The second kappa shape index (κ2) is 5.74. The summed E-state index contributed by atoms with van der Waals surface area (Å²) in [4.78, 5) is 12.0. The van der Waals surface area contributed by atoms with Gasteiger partial charge in [-0.05, 0) is 31.5 Å². The van der Waals surface area contributed by atoms with Gasteiger partial charge in [0.2, 0.25) is 0 Å². The van der Waals surface area contributed by atoms with E-state index in [9.17, 15) is 4.79 Å². The van der Waals surface area contributed by atoms with Gasteiger partial charge < -0.3 is 9.73 Å². The molecule has 0 bridgehead atoms. The predicted molar refractivity (Wildman–Crippen MR) is 75.8 cm³/mol. The molecule has 0 saturated carbocycles. The van der Waals surface area contributed by atoms with E-state index in [0.29, 0.717) is 24.6 Å². The lowest BCUT2D eigenvalue weighted by atomic mass is 10.2. The third kappa shape index (κ3) is 3.07. The lowest BCUT2D eigenvalue weighted by molar-refractivity contribution is 0.0927. The third-order valence-corrected chi connectivity index (χ3v) is 3.15. The molecule has 0 spiro atoms. The van der Waals surface area contributed by atoms with E-state index in [1.54, 1.807) is 6.07 Å². The van der Waals surface area contributed by atoms with Crippen molar-refractivity contribution >= 4 is 16.9 Å². The second-order valence-electron chi connectivity index (χ2n) is 4.84. The number of furan rings is 1. The molecule has 0 unspecified atom stereocenters. The zero-order valence-corrected chi connectivity index (χ0v) is 11.6. The van der Waals surface area contributed by atoms with E-state index in [0.717, 1.165) is 23.0 Å². The van der Waals surface area contributed by atoms with Crippen LogP contribution in [-0.2, 0) is 6.42 Å². The van der Waals surface area contributed by atoms with Crippen molar-refractivity contribution in [3.05, 3.63) is 41.4 Å². The smallest absolute Gasteiger partial charge is 0.287 e. The summed E-state index contributed by atoms with van der Waals surface area (Å²) in [5, 5.41) is 17.3. The Balaban J connectivity index is 1.56. The van der Waals surface area contributed by atoms with Crippen molar-refractivity contribution in [1.82, 2.24) is 25.9 Å². The van der Waals surface area contributed by atoms with Crippen LogP contribution in [0, 0.1) is 6.92 Å². The molecular formula is C14H15N5O2. The maximum absolute atomic E-state index is 12.0. The van der Waals surface area contributed by atoms with Crippen molar-refractivity contribution < 1.29 is 9.21 Å². The monoisotopic (exact) mass is 285 g/mol. The molecule has 0 atom stereocenters. The number of fused-ring (bicyclic) bond motifs is 1. The number of aryl methyl sites for hydroxylation is 2. The van der Waals surface area contributed by atoms with Crippen LogP contribution in [-0.4, -0.2) is 33.1 Å². The number of rotatable bonds is 5. The highest BCUT2D eigenvalue weighted by Gasteiger charge is 2.11. The fraction of sp³-hybridized carbons (Fsp3) is 0.286. The van der Waals surface area contributed by atoms with Crippen LogP contribution in [0.4, 0.5) is 0 Å². The van der Waals surface area contributed by atoms with Crippen LogP contribution >= 0.6 is 0 Å². The summed E-state index contributed by atoms with van der Waals surface area (Å²) in [5.41, 5.74) is 1.85. The molecule has 0 aliphatic heterocycles. The van der Waals surface area contributed by atoms with Crippen LogP contribution in [0.5, 0.6) is 0 Å². The predicted octanol–water partition coefficient (Wildman–Crippen LogP) is 1.62. The molecule has 0 aliphatic rings. The maximum atomic E-state index is 12.0. The molecule has 0 aliphatic carbocycles. The van der Waals surface area contributed by atoms with Crippen LogP contribution in [0.1, 0.15) is 28.4 Å². The SMILES string of the molecule is Cc1ccc2oc(C(=O)NCCCc3nn[nH]n3)cc2c1. The fourth-order valence-corrected chi connectivity index (χ4v) is 2.10. The molecule has 3 aromatic rings. The summed E-state index contributed by atoms with van der Waals surface area (Å²) < 4.78 is 5.54. The molecular weight excluding hydrogens is 270 g/mol. The second-order valence-corrected chi connectivity index (χ2v) is 4.84. The number of hydrogen-bond donors (Lipinski definition) is 2. The number of nitrogens with zero attached hydrogens (tertiary/aromatic N) is 3. The van der Waals surface area contributed by atoms with Gasteiger partial charge in [-0.1, -0.05) is 16.8 Å². The largest absolute Gasteiger partial charge is 0.451 e. The number of aromatic amines is 1. The number of H-pyrrole nitrogens is 1. The summed E-state index contributed by atoms with van der Waals surface area (Å²) >= 11 is 0. The standard InChI is InChI=1S/C14H15N5O2/c1-9-4-5-11-10(7-9)8-12(21-11)14(20)15-6-2-3-13-16-18-19-17-13/h4-5,7-8H,2-3,6H2,1H3,(H,15,20)(H,16,17,18,19). The number of nitrogens with one attached hydrogen (secondary N) is 2. The van der Waals surface area contributed by atoms with Crippen LogP contribution < -0.4 is 5.32 Å². The first-order valence-electron chi connectivity index (χ1n) is 6.73. The molecule has 1 aromatic carbocycles. The normalized spacial score (nSPS) is 10.9. The summed E-state index contributed by atoms with van der Waals surface area (Å²) in [5.74, 6) is 0.760. The molecule has 0 radical (unpaired) electrons. The number of amides is 1. The van der Waals surface area contributed by atoms with E-state index in [1.165, 1.54) is 0 Å². The first-order valence-corrected chi connectivity index (χ1v) is 6.73. The van der Waals surface area contributed by atoms with Crippen molar-refractivity contribution in [1.29, 1.82) is 0 Å². The fourth-order valence-electron chi connectivity index (χ4n) is 2.10. The minimum atomic E-state index is -0.211. The Bertz CT molecular complexity index is 748. The first kappa shape index (κ1) is 13.3. The Kier molecular flexibility index (Phi) is 3.63. The van der Waals surface area contributed by atoms with Crippen LogP contribution in [0.15, 0.2) is 28.7 Å². The molecule has 0 saturated heterocycles. The highest BCUT2D eigenvalue weighted by atomic mass is 16.3. The van der Waals surface area contributed by atoms with Gasteiger partial charge in [-0.2, -0.15) is 5.21 Å². The zero-order valence-electron chi connectivity index (χ0n) is 11.6. The van der Waals surface area contributed by atoms with E-state index in [-0.39, 0.29) is 5.91 Å². The molecule has 2 aromatic heterocycles. The van der Waals surface area contributed by atoms with Crippen LogP contribution in [0.25, 0.3) is 11.0 Å². The van der Waals surface area contributed by atoms with Crippen molar-refractivity contribution in [3.63, 3.8) is 0 Å². The van der Waals surface area contributed by atoms with E-state index >= 15 is 0 Å². The molecule has 7 heteroatoms. The van der Waals surface area contributed by atoms with Crippen LogP contribution in [0.2, 0.25) is 0 Å². The minimum Gasteiger partial charge on any atom is -0.451 e. The van der Waals surface area contributed by atoms with Gasteiger partial charge in [-0.25, -0.2) is 0 Å². The van der Waals surface area contributed by atoms with E-state index in [4.69, 9.17) is 4.42 Å². The number of aromatic nitrogens is 4.